The molecule has 4 amide bonds. The van der Waals surface area contributed by atoms with Crippen molar-refractivity contribution in [1.29, 1.82) is 0 Å². The Morgan fingerprint density at radius 3 is 2.13 bits per heavy atom. The molecule has 7 heteroatoms. The van der Waals surface area contributed by atoms with Crippen LogP contribution in [0.2, 0.25) is 0 Å². The van der Waals surface area contributed by atoms with E-state index in [4.69, 9.17) is 0 Å². The Kier molecular flexibility index (Phi) is 6.58. The molecule has 2 aliphatic rings. The summed E-state index contributed by atoms with van der Waals surface area (Å²) < 4.78 is 0. The van der Waals surface area contributed by atoms with Crippen molar-refractivity contribution >= 4 is 23.6 Å². The van der Waals surface area contributed by atoms with E-state index in [2.05, 4.69) is 26.1 Å². The fourth-order valence-corrected chi connectivity index (χ4v) is 3.98. The topological polar surface area (TPSA) is 86.8 Å². The van der Waals surface area contributed by atoms with Crippen molar-refractivity contribution in [1.82, 2.24) is 15.1 Å². The number of imide groups is 1. The SMILES string of the molecule is CC(C)(C)CC(=O)N1CCC(NC(=O)CCCN2C(=O)c3ccccc3C2=O)CC1. The predicted octanol–water partition coefficient (Wildman–Crippen LogP) is 2.61. The lowest BCUT2D eigenvalue weighted by Gasteiger charge is -2.34. The monoisotopic (exact) mass is 413 g/mol. The van der Waals surface area contributed by atoms with Gasteiger partial charge in [-0.15, -0.1) is 0 Å². The third-order valence-electron chi connectivity index (χ3n) is 5.56. The summed E-state index contributed by atoms with van der Waals surface area (Å²) in [7, 11) is 0. The van der Waals surface area contributed by atoms with Gasteiger partial charge in [0.1, 0.15) is 0 Å². The number of rotatable bonds is 6. The molecule has 30 heavy (non-hydrogen) atoms. The van der Waals surface area contributed by atoms with Gasteiger partial charge in [0, 0.05) is 38.5 Å². The highest BCUT2D eigenvalue weighted by Gasteiger charge is 2.34. The van der Waals surface area contributed by atoms with E-state index in [1.54, 1.807) is 24.3 Å². The summed E-state index contributed by atoms with van der Waals surface area (Å²) in [6.07, 6.45) is 2.72. The Balaban J connectivity index is 1.38. The fourth-order valence-electron chi connectivity index (χ4n) is 3.98. The van der Waals surface area contributed by atoms with Gasteiger partial charge >= 0.3 is 0 Å². The Morgan fingerprint density at radius 2 is 1.60 bits per heavy atom. The maximum atomic E-state index is 12.3. The molecule has 0 bridgehead atoms. The number of hydrogen-bond acceptors (Lipinski definition) is 4. The average Bonchev–Trinajstić information content (AvgIpc) is 2.92. The number of amides is 4. The van der Waals surface area contributed by atoms with Gasteiger partial charge in [-0.2, -0.15) is 0 Å². The van der Waals surface area contributed by atoms with Crippen LogP contribution in [0.5, 0.6) is 0 Å². The van der Waals surface area contributed by atoms with E-state index < -0.39 is 0 Å². The molecule has 1 aromatic rings. The van der Waals surface area contributed by atoms with E-state index in [0.717, 1.165) is 12.8 Å². The molecule has 7 nitrogen and oxygen atoms in total. The number of carbonyl (C=O) groups excluding carboxylic acids is 4. The molecule has 0 spiro atoms. The molecule has 0 aliphatic carbocycles. The highest BCUT2D eigenvalue weighted by Crippen LogP contribution is 2.23. The van der Waals surface area contributed by atoms with Gasteiger partial charge in [0.25, 0.3) is 11.8 Å². The highest BCUT2D eigenvalue weighted by molar-refractivity contribution is 6.21. The van der Waals surface area contributed by atoms with Crippen molar-refractivity contribution in [2.24, 2.45) is 5.41 Å². The lowest BCUT2D eigenvalue weighted by Crippen LogP contribution is -2.47. The lowest BCUT2D eigenvalue weighted by molar-refractivity contribution is -0.134. The first-order chi connectivity index (χ1) is 14.2. The minimum absolute atomic E-state index is 0.0262. The van der Waals surface area contributed by atoms with Crippen molar-refractivity contribution in [2.75, 3.05) is 19.6 Å². The van der Waals surface area contributed by atoms with Crippen molar-refractivity contribution in [2.45, 2.75) is 58.9 Å². The maximum absolute atomic E-state index is 12.3. The second-order valence-electron chi connectivity index (χ2n) is 9.37. The first-order valence-electron chi connectivity index (χ1n) is 10.7. The van der Waals surface area contributed by atoms with Gasteiger partial charge in [0.2, 0.25) is 11.8 Å². The highest BCUT2D eigenvalue weighted by atomic mass is 16.2. The maximum Gasteiger partial charge on any atom is 0.261 e. The Bertz CT molecular complexity index is 800. The van der Waals surface area contributed by atoms with Crippen molar-refractivity contribution in [3.05, 3.63) is 35.4 Å². The van der Waals surface area contributed by atoms with Crippen LogP contribution in [-0.2, 0) is 9.59 Å². The predicted molar refractivity (Wildman–Crippen MR) is 113 cm³/mol. The second-order valence-corrected chi connectivity index (χ2v) is 9.37. The molecule has 1 fully saturated rings. The number of fused-ring (bicyclic) bond motifs is 1. The van der Waals surface area contributed by atoms with Crippen LogP contribution in [0, 0.1) is 5.41 Å². The van der Waals surface area contributed by atoms with Crippen LogP contribution >= 0.6 is 0 Å². The molecule has 3 rings (SSSR count). The van der Waals surface area contributed by atoms with E-state index in [-0.39, 0.29) is 48.1 Å². The Morgan fingerprint density at radius 1 is 1.03 bits per heavy atom. The van der Waals surface area contributed by atoms with Gasteiger partial charge in [0.05, 0.1) is 11.1 Å². The van der Waals surface area contributed by atoms with Gasteiger partial charge in [-0.05, 0) is 36.8 Å². The van der Waals surface area contributed by atoms with Crippen LogP contribution < -0.4 is 5.32 Å². The van der Waals surface area contributed by atoms with Gasteiger partial charge in [-0.25, -0.2) is 0 Å². The molecule has 0 aromatic heterocycles. The van der Waals surface area contributed by atoms with Crippen molar-refractivity contribution in [3.8, 4) is 0 Å². The molecule has 1 saturated heterocycles. The number of carbonyl (C=O) groups is 4. The Hall–Kier alpha value is -2.70. The molecular formula is C23H31N3O4. The molecule has 0 atom stereocenters. The largest absolute Gasteiger partial charge is 0.353 e. The van der Waals surface area contributed by atoms with E-state index in [0.29, 0.717) is 37.1 Å². The van der Waals surface area contributed by atoms with Crippen molar-refractivity contribution < 1.29 is 19.2 Å². The summed E-state index contributed by atoms with van der Waals surface area (Å²) in [5, 5.41) is 3.03. The number of piperidine rings is 1. The number of nitrogens with zero attached hydrogens (tertiary/aromatic N) is 2. The summed E-state index contributed by atoms with van der Waals surface area (Å²) >= 11 is 0. The molecule has 1 N–H and O–H groups in total. The number of nitrogens with one attached hydrogen (secondary N) is 1. The van der Waals surface area contributed by atoms with E-state index >= 15 is 0 Å². The molecule has 2 aliphatic heterocycles. The average molecular weight is 414 g/mol. The summed E-state index contributed by atoms with van der Waals surface area (Å²) in [5.41, 5.74) is 0.834. The minimum atomic E-state index is -0.289. The van der Waals surface area contributed by atoms with Crippen LogP contribution in [0.25, 0.3) is 0 Å². The summed E-state index contributed by atoms with van der Waals surface area (Å²) in [6, 6.07) is 6.85. The molecule has 162 valence electrons. The molecule has 0 radical (unpaired) electrons. The zero-order chi connectivity index (χ0) is 21.9. The van der Waals surface area contributed by atoms with Gasteiger partial charge in [0.15, 0.2) is 0 Å². The number of likely N-dealkylation sites (tertiary alicyclic amines) is 1. The van der Waals surface area contributed by atoms with E-state index in [1.807, 2.05) is 4.90 Å². The minimum Gasteiger partial charge on any atom is -0.353 e. The zero-order valence-electron chi connectivity index (χ0n) is 18.1. The van der Waals surface area contributed by atoms with Crippen LogP contribution in [0.15, 0.2) is 24.3 Å². The van der Waals surface area contributed by atoms with Gasteiger partial charge in [-0.1, -0.05) is 32.9 Å². The zero-order valence-corrected chi connectivity index (χ0v) is 18.1. The van der Waals surface area contributed by atoms with E-state index in [1.165, 1.54) is 4.90 Å². The van der Waals surface area contributed by atoms with Crippen LogP contribution in [0.3, 0.4) is 0 Å². The summed E-state index contributed by atoms with van der Waals surface area (Å²) in [6.45, 7) is 7.73. The summed E-state index contributed by atoms with van der Waals surface area (Å²) in [4.78, 5) is 52.4. The van der Waals surface area contributed by atoms with E-state index in [9.17, 15) is 19.2 Å². The smallest absolute Gasteiger partial charge is 0.261 e. The Labute approximate surface area is 177 Å². The van der Waals surface area contributed by atoms with Gasteiger partial charge < -0.3 is 10.2 Å². The molecular weight excluding hydrogens is 382 g/mol. The van der Waals surface area contributed by atoms with Gasteiger partial charge in [-0.3, -0.25) is 24.1 Å². The number of hydrogen-bond donors (Lipinski definition) is 1. The summed E-state index contributed by atoms with van der Waals surface area (Å²) in [5.74, 6) is -0.481. The molecule has 0 unspecified atom stereocenters. The van der Waals surface area contributed by atoms with Crippen LogP contribution in [-0.4, -0.2) is 59.1 Å². The lowest BCUT2D eigenvalue weighted by atomic mass is 9.91. The second kappa shape index (κ2) is 8.98. The molecule has 0 saturated carbocycles. The molecule has 1 aromatic carbocycles. The third-order valence-corrected chi connectivity index (χ3v) is 5.56. The van der Waals surface area contributed by atoms with Crippen LogP contribution in [0.4, 0.5) is 0 Å². The first-order valence-corrected chi connectivity index (χ1v) is 10.7. The van der Waals surface area contributed by atoms with Crippen LogP contribution in [0.1, 0.15) is 73.6 Å². The standard InChI is InChI=1S/C23H31N3O4/c1-23(2,3)15-20(28)25-13-10-16(11-14-25)24-19(27)9-6-12-26-21(29)17-7-4-5-8-18(17)22(26)30/h4-5,7-8,16H,6,9-15H2,1-3H3,(H,24,27). The number of benzene rings is 1. The quantitative estimate of drug-likeness (QED) is 0.727. The first kappa shape index (κ1) is 22.0. The molecule has 2 heterocycles. The van der Waals surface area contributed by atoms with Crippen molar-refractivity contribution in [3.63, 3.8) is 0 Å². The third kappa shape index (κ3) is 5.26. The normalized spacial score (nSPS) is 17.3. The fraction of sp³-hybridized carbons (Fsp3) is 0.565.